The smallest absolute Gasteiger partial charge is 0.275 e. The van der Waals surface area contributed by atoms with Gasteiger partial charge in [0.2, 0.25) is 0 Å². The number of methoxy groups -OCH3 is 1. The minimum absolute atomic E-state index is 0.313. The molecule has 32 heavy (non-hydrogen) atoms. The van der Waals surface area contributed by atoms with E-state index in [1.807, 2.05) is 36.4 Å². The lowest BCUT2D eigenvalue weighted by atomic mass is 10.1. The lowest BCUT2D eigenvalue weighted by molar-refractivity contribution is 0.0952. The van der Waals surface area contributed by atoms with Gasteiger partial charge >= 0.3 is 0 Å². The summed E-state index contributed by atoms with van der Waals surface area (Å²) in [5, 5.41) is 6.21. The number of hydrazone groups is 1. The van der Waals surface area contributed by atoms with E-state index in [-0.39, 0.29) is 5.91 Å². The zero-order valence-electron chi connectivity index (χ0n) is 19.1. The molecule has 5 heteroatoms. The number of benzene rings is 3. The predicted octanol–water partition coefficient (Wildman–Crippen LogP) is 5.64. The van der Waals surface area contributed by atoms with Gasteiger partial charge in [-0.1, -0.05) is 30.3 Å². The molecule has 0 saturated heterocycles. The fourth-order valence-electron chi connectivity index (χ4n) is 4.18. The first-order valence-electron chi connectivity index (χ1n) is 10.5. The molecular formula is C27H27N3O2. The van der Waals surface area contributed by atoms with E-state index in [1.54, 1.807) is 13.3 Å². The summed E-state index contributed by atoms with van der Waals surface area (Å²) >= 11 is 0. The first-order valence-corrected chi connectivity index (χ1v) is 10.5. The van der Waals surface area contributed by atoms with E-state index >= 15 is 0 Å². The van der Waals surface area contributed by atoms with Crippen LogP contribution in [0.2, 0.25) is 0 Å². The highest BCUT2D eigenvalue weighted by molar-refractivity contribution is 6.02. The summed E-state index contributed by atoms with van der Waals surface area (Å²) in [6.45, 7) is 8.33. The maximum Gasteiger partial charge on any atom is 0.275 e. The Morgan fingerprint density at radius 2 is 1.59 bits per heavy atom. The average Bonchev–Trinajstić information content (AvgIpc) is 3.04. The molecule has 5 nitrogen and oxygen atoms in total. The number of nitrogens with one attached hydrogen (secondary N) is 1. The molecule has 4 aromatic rings. The van der Waals surface area contributed by atoms with E-state index in [0.29, 0.717) is 11.3 Å². The highest BCUT2D eigenvalue weighted by Crippen LogP contribution is 2.26. The standard InChI is InChI=1S/C27H27N3O2/c1-17-10-18(2)12-24(11-17)30-19(3)13-23(20(30)4)16-28-29-27(31)25-14-21-8-6-7-9-22(21)15-26(25)32-5/h6-16H,1-5H3,(H,29,31)/b28-16-. The first-order chi connectivity index (χ1) is 15.4. The Balaban J connectivity index is 1.59. The summed E-state index contributed by atoms with van der Waals surface area (Å²) in [5.74, 6) is 0.205. The van der Waals surface area contributed by atoms with E-state index < -0.39 is 0 Å². The average molecular weight is 426 g/mol. The summed E-state index contributed by atoms with van der Waals surface area (Å²) in [5.41, 5.74) is 9.78. The SMILES string of the molecule is COc1cc2ccccc2cc1C(=O)N/N=C\c1cc(C)n(-c2cc(C)cc(C)c2)c1C. The second-order valence-electron chi connectivity index (χ2n) is 8.11. The molecule has 0 radical (unpaired) electrons. The van der Waals surface area contributed by atoms with Crippen LogP contribution in [-0.2, 0) is 0 Å². The predicted molar refractivity (Wildman–Crippen MR) is 130 cm³/mol. The molecule has 1 heterocycles. The summed E-state index contributed by atoms with van der Waals surface area (Å²) in [7, 11) is 1.56. The van der Waals surface area contributed by atoms with Crippen LogP contribution in [0, 0.1) is 27.7 Å². The van der Waals surface area contributed by atoms with Gasteiger partial charge in [0, 0.05) is 22.6 Å². The van der Waals surface area contributed by atoms with Crippen molar-refractivity contribution in [3.63, 3.8) is 0 Å². The minimum Gasteiger partial charge on any atom is -0.496 e. The lowest BCUT2D eigenvalue weighted by Gasteiger charge is -2.11. The number of nitrogens with zero attached hydrogens (tertiary/aromatic N) is 2. The number of aryl methyl sites for hydroxylation is 3. The molecule has 1 N–H and O–H groups in total. The Morgan fingerprint density at radius 3 is 2.25 bits per heavy atom. The third-order valence-electron chi connectivity index (χ3n) is 5.62. The van der Waals surface area contributed by atoms with E-state index in [1.165, 1.54) is 11.1 Å². The van der Waals surface area contributed by atoms with Crippen molar-refractivity contribution in [2.45, 2.75) is 27.7 Å². The summed E-state index contributed by atoms with van der Waals surface area (Å²) in [6.07, 6.45) is 1.69. The molecule has 162 valence electrons. The number of carbonyl (C=O) groups is 1. The van der Waals surface area contributed by atoms with Gasteiger partial charge in [-0.3, -0.25) is 4.79 Å². The molecule has 0 aliphatic carbocycles. The van der Waals surface area contributed by atoms with E-state index in [4.69, 9.17) is 4.74 Å². The van der Waals surface area contributed by atoms with Crippen LogP contribution in [0.25, 0.3) is 16.5 Å². The van der Waals surface area contributed by atoms with Crippen LogP contribution in [0.15, 0.2) is 65.8 Å². The molecule has 0 saturated carbocycles. The van der Waals surface area contributed by atoms with Crippen molar-refractivity contribution in [3.05, 3.63) is 94.3 Å². The van der Waals surface area contributed by atoms with Crippen molar-refractivity contribution in [2.24, 2.45) is 5.10 Å². The van der Waals surface area contributed by atoms with Gasteiger partial charge in [-0.15, -0.1) is 0 Å². The molecule has 0 unspecified atom stereocenters. The molecule has 1 aromatic heterocycles. The van der Waals surface area contributed by atoms with E-state index in [0.717, 1.165) is 33.4 Å². The molecule has 0 atom stereocenters. The van der Waals surface area contributed by atoms with Crippen molar-refractivity contribution < 1.29 is 9.53 Å². The number of hydrogen-bond donors (Lipinski definition) is 1. The second-order valence-corrected chi connectivity index (χ2v) is 8.11. The largest absolute Gasteiger partial charge is 0.496 e. The normalized spacial score (nSPS) is 11.3. The minimum atomic E-state index is -0.313. The van der Waals surface area contributed by atoms with Gasteiger partial charge in [-0.25, -0.2) is 5.43 Å². The van der Waals surface area contributed by atoms with Gasteiger partial charge in [0.1, 0.15) is 5.75 Å². The molecule has 0 fully saturated rings. The number of hydrogen-bond acceptors (Lipinski definition) is 3. The van der Waals surface area contributed by atoms with Crippen LogP contribution in [0.3, 0.4) is 0 Å². The van der Waals surface area contributed by atoms with Gasteiger partial charge in [0.15, 0.2) is 0 Å². The monoisotopic (exact) mass is 425 g/mol. The summed E-state index contributed by atoms with van der Waals surface area (Å²) in [4.78, 5) is 12.8. The Hall–Kier alpha value is -3.86. The second kappa shape index (κ2) is 8.71. The number of ether oxygens (including phenoxy) is 1. The van der Waals surface area contributed by atoms with Crippen molar-refractivity contribution in [2.75, 3.05) is 7.11 Å². The van der Waals surface area contributed by atoms with Crippen LogP contribution >= 0.6 is 0 Å². The van der Waals surface area contributed by atoms with Gasteiger partial charge in [-0.05, 0) is 79.9 Å². The van der Waals surface area contributed by atoms with Gasteiger partial charge < -0.3 is 9.30 Å². The van der Waals surface area contributed by atoms with Crippen molar-refractivity contribution in [1.29, 1.82) is 0 Å². The van der Waals surface area contributed by atoms with Gasteiger partial charge in [-0.2, -0.15) is 5.10 Å². The fourth-order valence-corrected chi connectivity index (χ4v) is 4.18. The molecule has 1 amide bonds. The van der Waals surface area contributed by atoms with E-state index in [2.05, 4.69) is 67.1 Å². The summed E-state index contributed by atoms with van der Waals surface area (Å²) in [6, 6.07) is 20.1. The molecule has 0 aliphatic rings. The Morgan fingerprint density at radius 1 is 0.938 bits per heavy atom. The highest BCUT2D eigenvalue weighted by atomic mass is 16.5. The lowest BCUT2D eigenvalue weighted by Crippen LogP contribution is -2.18. The third-order valence-corrected chi connectivity index (χ3v) is 5.62. The van der Waals surface area contributed by atoms with Crippen molar-refractivity contribution in [3.8, 4) is 11.4 Å². The maximum absolute atomic E-state index is 12.8. The van der Waals surface area contributed by atoms with Crippen LogP contribution < -0.4 is 10.2 Å². The topological polar surface area (TPSA) is 55.6 Å². The zero-order chi connectivity index (χ0) is 22.8. The number of amides is 1. The maximum atomic E-state index is 12.8. The fraction of sp³-hybridized carbons (Fsp3) is 0.185. The van der Waals surface area contributed by atoms with Gasteiger partial charge in [0.05, 0.1) is 18.9 Å². The molecule has 4 rings (SSSR count). The first kappa shape index (κ1) is 21.4. The molecule has 0 spiro atoms. The number of aromatic nitrogens is 1. The van der Waals surface area contributed by atoms with Crippen molar-refractivity contribution in [1.82, 2.24) is 9.99 Å². The molecule has 0 bridgehead atoms. The number of rotatable bonds is 5. The van der Waals surface area contributed by atoms with Crippen LogP contribution in [0.1, 0.15) is 38.4 Å². The third kappa shape index (κ3) is 4.14. The Kier molecular flexibility index (Phi) is 5.82. The number of carbonyl (C=O) groups excluding carboxylic acids is 1. The molecule has 0 aliphatic heterocycles. The number of fused-ring (bicyclic) bond motifs is 1. The van der Waals surface area contributed by atoms with Gasteiger partial charge in [0.25, 0.3) is 5.91 Å². The zero-order valence-corrected chi connectivity index (χ0v) is 19.1. The molecule has 3 aromatic carbocycles. The van der Waals surface area contributed by atoms with E-state index in [9.17, 15) is 4.79 Å². The highest BCUT2D eigenvalue weighted by Gasteiger charge is 2.14. The van der Waals surface area contributed by atoms with Crippen LogP contribution in [0.5, 0.6) is 5.75 Å². The van der Waals surface area contributed by atoms with Crippen molar-refractivity contribution >= 4 is 22.9 Å². The van der Waals surface area contributed by atoms with Crippen LogP contribution in [-0.4, -0.2) is 23.8 Å². The Labute approximate surface area is 188 Å². The molecular weight excluding hydrogens is 398 g/mol. The quantitative estimate of drug-likeness (QED) is 0.332. The van der Waals surface area contributed by atoms with Crippen LogP contribution in [0.4, 0.5) is 0 Å². The summed E-state index contributed by atoms with van der Waals surface area (Å²) < 4.78 is 7.63. The Bertz CT molecular complexity index is 1330.